The van der Waals surface area contributed by atoms with Crippen molar-refractivity contribution in [2.75, 3.05) is 0 Å². The van der Waals surface area contributed by atoms with Crippen molar-refractivity contribution >= 4 is 5.97 Å². The van der Waals surface area contributed by atoms with Gasteiger partial charge >= 0.3 is 12.1 Å². The molecule has 0 bridgehead atoms. The molecule has 0 aromatic heterocycles. The molecule has 2 rings (SSSR count). The van der Waals surface area contributed by atoms with Crippen molar-refractivity contribution in [1.29, 1.82) is 0 Å². The number of benzene rings is 2. The van der Waals surface area contributed by atoms with Crippen LogP contribution >= 0.6 is 0 Å². The molecule has 0 heterocycles. The minimum absolute atomic E-state index is 0.234. The number of hydrogen-bond acceptors (Lipinski definition) is 3. The van der Waals surface area contributed by atoms with E-state index in [1.807, 2.05) is 0 Å². The SMILES string of the molecule is C[C@@H](N/C(=C\C(=O)O)CC(O)(c1ccccc1)C(F)(F)F)c1ccccc1. The summed E-state index contributed by atoms with van der Waals surface area (Å²) in [5.74, 6) is -1.41. The molecule has 2 atom stereocenters. The zero-order chi connectivity index (χ0) is 20.1. The number of alkyl halides is 3. The van der Waals surface area contributed by atoms with Gasteiger partial charge < -0.3 is 15.5 Å². The quantitative estimate of drug-likeness (QED) is 0.633. The molecule has 0 saturated heterocycles. The van der Waals surface area contributed by atoms with Gasteiger partial charge in [-0.15, -0.1) is 0 Å². The lowest BCUT2D eigenvalue weighted by Crippen LogP contribution is -2.44. The number of aliphatic carboxylic acids is 1. The lowest BCUT2D eigenvalue weighted by Gasteiger charge is -2.33. The monoisotopic (exact) mass is 379 g/mol. The van der Waals surface area contributed by atoms with Gasteiger partial charge in [-0.25, -0.2) is 4.79 Å². The van der Waals surface area contributed by atoms with E-state index < -0.39 is 30.2 Å². The van der Waals surface area contributed by atoms with E-state index in [4.69, 9.17) is 5.11 Å². The second-order valence-corrected chi connectivity index (χ2v) is 6.19. The van der Waals surface area contributed by atoms with Gasteiger partial charge in [0.05, 0.1) is 0 Å². The molecule has 2 aromatic carbocycles. The highest BCUT2D eigenvalue weighted by Crippen LogP contribution is 2.43. The second-order valence-electron chi connectivity index (χ2n) is 6.19. The van der Waals surface area contributed by atoms with Crippen molar-refractivity contribution in [3.05, 3.63) is 83.6 Å². The highest BCUT2D eigenvalue weighted by Gasteiger charge is 2.55. The molecule has 0 aliphatic heterocycles. The van der Waals surface area contributed by atoms with Crippen LogP contribution in [-0.2, 0) is 10.4 Å². The van der Waals surface area contributed by atoms with Crippen LogP contribution in [0.1, 0.15) is 30.5 Å². The minimum atomic E-state index is -5.00. The van der Waals surface area contributed by atoms with Crippen LogP contribution in [0.3, 0.4) is 0 Å². The van der Waals surface area contributed by atoms with Gasteiger partial charge in [0, 0.05) is 24.2 Å². The summed E-state index contributed by atoms with van der Waals surface area (Å²) in [5.41, 5.74) is -3.05. The Morgan fingerprint density at radius 3 is 2.07 bits per heavy atom. The third kappa shape index (κ3) is 5.10. The summed E-state index contributed by atoms with van der Waals surface area (Å²) in [5, 5.41) is 22.3. The maximum absolute atomic E-state index is 13.7. The van der Waals surface area contributed by atoms with E-state index in [2.05, 4.69) is 5.32 Å². The Labute approximate surface area is 155 Å². The Bertz CT molecular complexity index is 791. The van der Waals surface area contributed by atoms with E-state index in [9.17, 15) is 23.1 Å². The molecular weight excluding hydrogens is 359 g/mol. The molecule has 0 fully saturated rings. The Morgan fingerprint density at radius 1 is 1.07 bits per heavy atom. The summed E-state index contributed by atoms with van der Waals surface area (Å²) in [7, 11) is 0. The predicted octanol–water partition coefficient (Wildman–Crippen LogP) is 4.15. The number of aliphatic hydroxyl groups is 1. The van der Waals surface area contributed by atoms with Gasteiger partial charge in [-0.05, 0) is 18.1 Å². The summed E-state index contributed by atoms with van der Waals surface area (Å²) >= 11 is 0. The summed E-state index contributed by atoms with van der Waals surface area (Å²) in [6, 6.07) is 15.0. The van der Waals surface area contributed by atoms with Gasteiger partial charge in [0.1, 0.15) is 0 Å². The number of carboxylic acids is 1. The zero-order valence-electron chi connectivity index (χ0n) is 14.6. The fourth-order valence-corrected chi connectivity index (χ4v) is 2.75. The van der Waals surface area contributed by atoms with Gasteiger partial charge in [-0.1, -0.05) is 60.7 Å². The highest BCUT2D eigenvalue weighted by atomic mass is 19.4. The van der Waals surface area contributed by atoms with Gasteiger partial charge in [-0.3, -0.25) is 0 Å². The first-order chi connectivity index (χ1) is 12.6. The number of carboxylic acid groups (broad SMARTS) is 1. The third-order valence-corrected chi connectivity index (χ3v) is 4.17. The van der Waals surface area contributed by atoms with Crippen molar-refractivity contribution in [3.8, 4) is 0 Å². The van der Waals surface area contributed by atoms with Crippen LogP contribution in [0.25, 0.3) is 0 Å². The summed E-state index contributed by atoms with van der Waals surface area (Å²) in [4.78, 5) is 11.1. The zero-order valence-corrected chi connectivity index (χ0v) is 14.6. The summed E-state index contributed by atoms with van der Waals surface area (Å²) < 4.78 is 41.1. The van der Waals surface area contributed by atoms with Crippen molar-refractivity contribution < 1.29 is 28.2 Å². The Morgan fingerprint density at radius 2 is 1.59 bits per heavy atom. The lowest BCUT2D eigenvalue weighted by atomic mass is 9.88. The molecule has 0 saturated carbocycles. The molecule has 144 valence electrons. The molecule has 27 heavy (non-hydrogen) atoms. The lowest BCUT2D eigenvalue weighted by molar-refractivity contribution is -0.266. The second kappa shape index (κ2) is 8.26. The molecule has 7 heteroatoms. The number of nitrogens with one attached hydrogen (secondary N) is 1. The van der Waals surface area contributed by atoms with Crippen LogP contribution in [0.4, 0.5) is 13.2 Å². The van der Waals surface area contributed by atoms with Crippen LogP contribution in [0.5, 0.6) is 0 Å². The van der Waals surface area contributed by atoms with Gasteiger partial charge in [0.2, 0.25) is 0 Å². The van der Waals surface area contributed by atoms with Crippen LogP contribution in [0.15, 0.2) is 72.4 Å². The number of hydrogen-bond donors (Lipinski definition) is 3. The smallest absolute Gasteiger partial charge is 0.421 e. The van der Waals surface area contributed by atoms with Crippen LogP contribution in [0.2, 0.25) is 0 Å². The predicted molar refractivity (Wildman–Crippen MR) is 94.7 cm³/mol. The molecule has 3 N–H and O–H groups in total. The normalized spacial score (nSPS) is 15.7. The summed E-state index contributed by atoms with van der Waals surface area (Å²) in [6.07, 6.45) is -5.30. The fraction of sp³-hybridized carbons (Fsp3) is 0.250. The number of halogens is 3. The molecule has 0 amide bonds. The van der Waals surface area contributed by atoms with Crippen molar-refractivity contribution in [2.45, 2.75) is 31.2 Å². The molecule has 2 aromatic rings. The fourth-order valence-electron chi connectivity index (χ4n) is 2.75. The molecule has 0 aliphatic rings. The Balaban J connectivity index is 2.37. The number of rotatable bonds is 7. The first kappa shape index (κ1) is 20.5. The molecular formula is C20H20F3NO3. The first-order valence-corrected chi connectivity index (χ1v) is 8.23. The molecule has 0 radical (unpaired) electrons. The van der Waals surface area contributed by atoms with Crippen molar-refractivity contribution in [2.24, 2.45) is 0 Å². The van der Waals surface area contributed by atoms with E-state index in [1.165, 1.54) is 18.2 Å². The van der Waals surface area contributed by atoms with E-state index in [1.54, 1.807) is 37.3 Å². The van der Waals surface area contributed by atoms with E-state index in [-0.39, 0.29) is 11.3 Å². The number of carbonyl (C=O) groups is 1. The van der Waals surface area contributed by atoms with Gasteiger partial charge in [-0.2, -0.15) is 13.2 Å². The average molecular weight is 379 g/mol. The maximum atomic E-state index is 13.7. The standard InChI is InChI=1S/C20H20F3NO3/c1-14(15-8-4-2-5-9-15)24-17(12-18(25)26)13-19(27,20(21,22)23)16-10-6-3-7-11-16/h2-12,14,24,27H,13H2,1H3,(H,25,26)/b17-12-/t14-,19?/m1/s1. The molecule has 4 nitrogen and oxygen atoms in total. The first-order valence-electron chi connectivity index (χ1n) is 8.23. The summed E-state index contributed by atoms with van der Waals surface area (Å²) in [6.45, 7) is 1.69. The van der Waals surface area contributed by atoms with E-state index in [0.29, 0.717) is 6.08 Å². The largest absolute Gasteiger partial charge is 0.478 e. The Hall–Kier alpha value is -2.80. The minimum Gasteiger partial charge on any atom is -0.478 e. The molecule has 0 aliphatic carbocycles. The van der Waals surface area contributed by atoms with E-state index in [0.717, 1.165) is 17.7 Å². The molecule has 0 spiro atoms. The van der Waals surface area contributed by atoms with Gasteiger partial charge in [0.25, 0.3) is 0 Å². The topological polar surface area (TPSA) is 69.6 Å². The van der Waals surface area contributed by atoms with Crippen LogP contribution in [-0.4, -0.2) is 22.4 Å². The van der Waals surface area contributed by atoms with Gasteiger partial charge in [0.15, 0.2) is 5.60 Å². The van der Waals surface area contributed by atoms with Crippen molar-refractivity contribution in [1.82, 2.24) is 5.32 Å². The highest BCUT2D eigenvalue weighted by molar-refractivity contribution is 5.80. The van der Waals surface area contributed by atoms with E-state index >= 15 is 0 Å². The molecule has 1 unspecified atom stereocenters. The van der Waals surface area contributed by atoms with Crippen LogP contribution in [0, 0.1) is 0 Å². The third-order valence-electron chi connectivity index (χ3n) is 4.17. The van der Waals surface area contributed by atoms with Crippen LogP contribution < -0.4 is 5.32 Å². The maximum Gasteiger partial charge on any atom is 0.421 e. The van der Waals surface area contributed by atoms with Crippen molar-refractivity contribution in [3.63, 3.8) is 0 Å². The average Bonchev–Trinajstić information content (AvgIpc) is 2.61. The Kier molecular flexibility index (Phi) is 6.28.